The van der Waals surface area contributed by atoms with Crippen LogP contribution in [0.3, 0.4) is 0 Å². The van der Waals surface area contributed by atoms with E-state index >= 15 is 0 Å². The number of hydrogen-bond donors (Lipinski definition) is 1. The zero-order valence-corrected chi connectivity index (χ0v) is 11.3. The van der Waals surface area contributed by atoms with E-state index in [1.165, 1.54) is 0 Å². The molecule has 1 aromatic heterocycles. The molecule has 1 fully saturated rings. The molecule has 0 atom stereocenters. The normalized spacial score (nSPS) is 17.0. The summed E-state index contributed by atoms with van der Waals surface area (Å²) < 4.78 is 5.76. The molecule has 1 aliphatic rings. The summed E-state index contributed by atoms with van der Waals surface area (Å²) in [5, 5.41) is 10.1. The van der Waals surface area contributed by atoms with Crippen LogP contribution in [0.4, 0.5) is 0 Å². The minimum atomic E-state index is -0.236. The van der Waals surface area contributed by atoms with Crippen molar-refractivity contribution in [3.8, 4) is 11.9 Å². The van der Waals surface area contributed by atoms with Gasteiger partial charge < -0.3 is 10.5 Å². The van der Waals surface area contributed by atoms with Gasteiger partial charge in [-0.3, -0.25) is 0 Å². The first-order valence-electron chi connectivity index (χ1n) is 6.92. The lowest BCUT2D eigenvalue weighted by Crippen LogP contribution is -2.42. The van der Waals surface area contributed by atoms with Gasteiger partial charge in [0, 0.05) is 11.5 Å². The Morgan fingerprint density at radius 3 is 2.80 bits per heavy atom. The lowest BCUT2D eigenvalue weighted by Gasteiger charge is -2.23. The van der Waals surface area contributed by atoms with Crippen LogP contribution in [0.25, 0.3) is 10.9 Å². The predicted molar refractivity (Wildman–Crippen MR) is 77.3 cm³/mol. The molecule has 102 valence electrons. The molecule has 1 heterocycles. The zero-order chi connectivity index (χ0) is 14.0. The summed E-state index contributed by atoms with van der Waals surface area (Å²) in [6, 6.07) is 11.5. The third kappa shape index (κ3) is 2.45. The summed E-state index contributed by atoms with van der Waals surface area (Å²) in [5.41, 5.74) is 7.40. The summed E-state index contributed by atoms with van der Waals surface area (Å²) in [5.74, 6) is 0.483. The van der Waals surface area contributed by atoms with Gasteiger partial charge in [-0.15, -0.1) is 0 Å². The second kappa shape index (κ2) is 5.10. The van der Waals surface area contributed by atoms with E-state index in [1.54, 1.807) is 6.07 Å². The average Bonchev–Trinajstić information content (AvgIpc) is 2.91. The van der Waals surface area contributed by atoms with E-state index in [1.807, 2.05) is 24.3 Å². The Morgan fingerprint density at radius 1 is 1.30 bits per heavy atom. The third-order valence-electron chi connectivity index (χ3n) is 3.92. The van der Waals surface area contributed by atoms with E-state index in [0.717, 1.165) is 36.6 Å². The van der Waals surface area contributed by atoms with Crippen LogP contribution in [0.5, 0.6) is 5.88 Å². The van der Waals surface area contributed by atoms with Crippen LogP contribution in [-0.2, 0) is 0 Å². The number of benzene rings is 1. The van der Waals surface area contributed by atoms with Gasteiger partial charge in [-0.25, -0.2) is 4.98 Å². The molecule has 0 saturated heterocycles. The Bertz CT molecular complexity index is 669. The molecule has 0 spiro atoms. The van der Waals surface area contributed by atoms with Crippen LogP contribution < -0.4 is 10.5 Å². The molecule has 4 nitrogen and oxygen atoms in total. The molecule has 1 aliphatic carbocycles. The quantitative estimate of drug-likeness (QED) is 0.928. The van der Waals surface area contributed by atoms with Crippen molar-refractivity contribution in [2.24, 2.45) is 5.73 Å². The number of nitrogens with two attached hydrogens (primary N) is 1. The smallest absolute Gasteiger partial charge is 0.215 e. The van der Waals surface area contributed by atoms with Crippen LogP contribution in [-0.4, -0.2) is 17.1 Å². The number of pyridine rings is 1. The van der Waals surface area contributed by atoms with Crippen LogP contribution in [0, 0.1) is 11.3 Å². The van der Waals surface area contributed by atoms with Crippen molar-refractivity contribution in [1.82, 2.24) is 4.98 Å². The number of nitrogens with zero attached hydrogens (tertiary/aromatic N) is 2. The van der Waals surface area contributed by atoms with Crippen LogP contribution in [0.1, 0.15) is 31.2 Å². The molecule has 20 heavy (non-hydrogen) atoms. The van der Waals surface area contributed by atoms with Crippen LogP contribution in [0.15, 0.2) is 30.3 Å². The molecular formula is C16H17N3O. The van der Waals surface area contributed by atoms with Crippen LogP contribution in [0.2, 0.25) is 0 Å². The van der Waals surface area contributed by atoms with Gasteiger partial charge in [0.15, 0.2) is 0 Å². The van der Waals surface area contributed by atoms with E-state index in [9.17, 15) is 5.26 Å². The average molecular weight is 267 g/mol. The fourth-order valence-corrected chi connectivity index (χ4v) is 2.76. The maximum Gasteiger partial charge on any atom is 0.215 e. The van der Waals surface area contributed by atoms with Crippen molar-refractivity contribution in [2.45, 2.75) is 31.2 Å². The minimum Gasteiger partial charge on any atom is -0.476 e. The standard InChI is InChI=1S/C16H17N3O/c17-10-12-9-15(19-14-6-2-1-5-13(12)14)20-11-16(18)7-3-4-8-16/h1-2,5-6,9H,3-4,7-8,11,18H2. The van der Waals surface area contributed by atoms with Crippen molar-refractivity contribution >= 4 is 10.9 Å². The fourth-order valence-electron chi connectivity index (χ4n) is 2.76. The Morgan fingerprint density at radius 2 is 2.05 bits per heavy atom. The zero-order valence-electron chi connectivity index (χ0n) is 11.3. The van der Waals surface area contributed by atoms with Gasteiger partial charge in [0.1, 0.15) is 12.7 Å². The summed E-state index contributed by atoms with van der Waals surface area (Å²) in [6.07, 6.45) is 4.31. The molecule has 0 radical (unpaired) electrons. The van der Waals surface area contributed by atoms with Crippen molar-refractivity contribution < 1.29 is 4.74 Å². The summed E-state index contributed by atoms with van der Waals surface area (Å²) in [7, 11) is 0. The van der Waals surface area contributed by atoms with Crippen molar-refractivity contribution in [3.05, 3.63) is 35.9 Å². The summed E-state index contributed by atoms with van der Waals surface area (Å²) >= 11 is 0. The third-order valence-corrected chi connectivity index (χ3v) is 3.92. The first kappa shape index (κ1) is 12.9. The molecule has 1 aromatic carbocycles. The Balaban J connectivity index is 1.87. The first-order valence-corrected chi connectivity index (χ1v) is 6.92. The van der Waals surface area contributed by atoms with Crippen molar-refractivity contribution in [1.29, 1.82) is 5.26 Å². The molecule has 0 unspecified atom stereocenters. The van der Waals surface area contributed by atoms with E-state index in [-0.39, 0.29) is 5.54 Å². The number of nitriles is 1. The second-order valence-electron chi connectivity index (χ2n) is 5.50. The number of ether oxygens (including phenoxy) is 1. The Hall–Kier alpha value is -2.12. The largest absolute Gasteiger partial charge is 0.476 e. The minimum absolute atomic E-state index is 0.236. The Labute approximate surface area is 118 Å². The topological polar surface area (TPSA) is 71.9 Å². The monoisotopic (exact) mass is 267 g/mol. The molecule has 0 aliphatic heterocycles. The number of para-hydroxylation sites is 1. The second-order valence-corrected chi connectivity index (χ2v) is 5.50. The SMILES string of the molecule is N#Cc1cc(OCC2(N)CCCC2)nc2ccccc12. The van der Waals surface area contributed by atoms with E-state index in [0.29, 0.717) is 18.1 Å². The highest BCUT2D eigenvalue weighted by Gasteiger charge is 2.30. The highest BCUT2D eigenvalue weighted by molar-refractivity contribution is 5.85. The van der Waals surface area contributed by atoms with Gasteiger partial charge in [0.05, 0.1) is 16.6 Å². The molecular weight excluding hydrogens is 250 g/mol. The highest BCUT2D eigenvalue weighted by Crippen LogP contribution is 2.28. The molecule has 0 bridgehead atoms. The van der Waals surface area contributed by atoms with Crippen molar-refractivity contribution in [3.63, 3.8) is 0 Å². The van der Waals surface area contributed by atoms with Crippen LogP contribution >= 0.6 is 0 Å². The predicted octanol–water partition coefficient (Wildman–Crippen LogP) is 2.76. The summed E-state index contributed by atoms with van der Waals surface area (Å²) in [6.45, 7) is 0.462. The number of hydrogen-bond acceptors (Lipinski definition) is 4. The van der Waals surface area contributed by atoms with E-state index in [4.69, 9.17) is 10.5 Å². The fraction of sp³-hybridized carbons (Fsp3) is 0.375. The van der Waals surface area contributed by atoms with E-state index in [2.05, 4.69) is 11.1 Å². The highest BCUT2D eigenvalue weighted by atomic mass is 16.5. The molecule has 3 rings (SSSR count). The number of aromatic nitrogens is 1. The number of fused-ring (bicyclic) bond motifs is 1. The van der Waals surface area contributed by atoms with E-state index < -0.39 is 0 Å². The van der Waals surface area contributed by atoms with Gasteiger partial charge in [0.25, 0.3) is 0 Å². The van der Waals surface area contributed by atoms with Gasteiger partial charge in [0.2, 0.25) is 5.88 Å². The maximum absolute atomic E-state index is 9.23. The van der Waals surface area contributed by atoms with Gasteiger partial charge >= 0.3 is 0 Å². The summed E-state index contributed by atoms with van der Waals surface area (Å²) in [4.78, 5) is 4.45. The van der Waals surface area contributed by atoms with Crippen molar-refractivity contribution in [2.75, 3.05) is 6.61 Å². The lowest BCUT2D eigenvalue weighted by molar-refractivity contribution is 0.214. The molecule has 2 aromatic rings. The van der Waals surface area contributed by atoms with Gasteiger partial charge in [-0.1, -0.05) is 31.0 Å². The number of rotatable bonds is 3. The molecule has 1 saturated carbocycles. The first-order chi connectivity index (χ1) is 9.70. The molecule has 4 heteroatoms. The Kier molecular flexibility index (Phi) is 3.29. The van der Waals surface area contributed by atoms with Gasteiger partial charge in [-0.2, -0.15) is 5.26 Å². The lowest BCUT2D eigenvalue weighted by atomic mass is 10.0. The van der Waals surface area contributed by atoms with Gasteiger partial charge in [-0.05, 0) is 18.9 Å². The maximum atomic E-state index is 9.23. The molecule has 0 amide bonds. The molecule has 2 N–H and O–H groups in total.